The van der Waals surface area contributed by atoms with Gasteiger partial charge in [-0.25, -0.2) is 8.42 Å². The van der Waals surface area contributed by atoms with E-state index >= 15 is 0 Å². The number of benzene rings is 2. The zero-order valence-electron chi connectivity index (χ0n) is 16.4. The monoisotopic (exact) mass is 416 g/mol. The Balaban J connectivity index is 1.74. The summed E-state index contributed by atoms with van der Waals surface area (Å²) >= 11 is 0. The van der Waals surface area contributed by atoms with E-state index in [1.165, 1.54) is 16.4 Å². The fourth-order valence-electron chi connectivity index (χ4n) is 3.13. The van der Waals surface area contributed by atoms with Crippen molar-refractivity contribution in [1.82, 2.24) is 4.31 Å². The molecule has 8 heteroatoms. The lowest BCUT2D eigenvalue weighted by Gasteiger charge is -2.16. The number of anilines is 1. The van der Waals surface area contributed by atoms with E-state index in [0.717, 1.165) is 12.8 Å². The van der Waals surface area contributed by atoms with Gasteiger partial charge in [0.2, 0.25) is 15.9 Å². The summed E-state index contributed by atoms with van der Waals surface area (Å²) in [6, 6.07) is 11.6. The lowest BCUT2D eigenvalue weighted by Crippen LogP contribution is -2.27. The quantitative estimate of drug-likeness (QED) is 0.701. The zero-order valence-corrected chi connectivity index (χ0v) is 17.2. The van der Waals surface area contributed by atoms with Crippen molar-refractivity contribution in [1.29, 1.82) is 0 Å². The van der Waals surface area contributed by atoms with Crippen molar-refractivity contribution in [3.8, 4) is 11.5 Å². The third kappa shape index (κ3) is 4.96. The van der Waals surface area contributed by atoms with Crippen LogP contribution in [0.2, 0.25) is 0 Å². The Kier molecular flexibility index (Phi) is 6.56. The summed E-state index contributed by atoms with van der Waals surface area (Å²) in [5.41, 5.74) is 1.10. The second-order valence-electron chi connectivity index (χ2n) is 6.57. The molecule has 0 aliphatic carbocycles. The first-order valence-electron chi connectivity index (χ1n) is 9.25. The summed E-state index contributed by atoms with van der Waals surface area (Å²) in [5.74, 6) is 0.866. The summed E-state index contributed by atoms with van der Waals surface area (Å²) in [6.45, 7) is 1.06. The molecule has 29 heavy (non-hydrogen) atoms. The van der Waals surface area contributed by atoms with Gasteiger partial charge in [-0.15, -0.1) is 0 Å². The maximum atomic E-state index is 12.7. The number of nitrogens with zero attached hydrogens (tertiary/aromatic N) is 1. The number of carbonyl (C=O) groups is 1. The first kappa shape index (κ1) is 20.9. The molecular weight excluding hydrogens is 392 g/mol. The lowest BCUT2D eigenvalue weighted by atomic mass is 10.1. The van der Waals surface area contributed by atoms with E-state index in [9.17, 15) is 13.2 Å². The summed E-state index contributed by atoms with van der Waals surface area (Å²) in [6.07, 6.45) is 4.71. The van der Waals surface area contributed by atoms with E-state index in [2.05, 4.69) is 5.32 Å². The minimum atomic E-state index is -3.54. The highest BCUT2D eigenvalue weighted by molar-refractivity contribution is 7.89. The van der Waals surface area contributed by atoms with Crippen LogP contribution in [0.3, 0.4) is 0 Å². The summed E-state index contributed by atoms with van der Waals surface area (Å²) in [5, 5.41) is 2.70. The predicted molar refractivity (Wildman–Crippen MR) is 112 cm³/mol. The van der Waals surface area contributed by atoms with Crippen LogP contribution >= 0.6 is 0 Å². The molecule has 0 radical (unpaired) electrons. The second kappa shape index (κ2) is 9.11. The van der Waals surface area contributed by atoms with Gasteiger partial charge in [0.1, 0.15) is 11.5 Å². The number of nitrogens with one attached hydrogen (secondary N) is 1. The fraction of sp³-hybridized carbons (Fsp3) is 0.286. The van der Waals surface area contributed by atoms with Crippen molar-refractivity contribution in [2.24, 2.45) is 0 Å². The van der Waals surface area contributed by atoms with Crippen LogP contribution in [0.15, 0.2) is 53.4 Å². The van der Waals surface area contributed by atoms with E-state index in [4.69, 9.17) is 9.47 Å². The van der Waals surface area contributed by atoms with Crippen molar-refractivity contribution in [2.75, 3.05) is 32.6 Å². The first-order chi connectivity index (χ1) is 13.9. The Morgan fingerprint density at radius 3 is 2.52 bits per heavy atom. The van der Waals surface area contributed by atoms with Crippen molar-refractivity contribution >= 4 is 27.7 Å². The van der Waals surface area contributed by atoms with E-state index in [0.29, 0.717) is 35.8 Å². The number of methoxy groups -OCH3 is 2. The predicted octanol–water partition coefficient (Wildman–Crippen LogP) is 3.14. The van der Waals surface area contributed by atoms with Gasteiger partial charge in [0.25, 0.3) is 0 Å². The number of rotatable bonds is 7. The van der Waals surface area contributed by atoms with Crippen LogP contribution in [0, 0.1) is 0 Å². The molecule has 1 aliphatic heterocycles. The van der Waals surface area contributed by atoms with E-state index in [1.54, 1.807) is 56.7 Å². The Hall–Kier alpha value is -2.84. The average molecular weight is 416 g/mol. The molecule has 1 N–H and O–H groups in total. The molecule has 0 saturated carbocycles. The number of hydrogen-bond acceptors (Lipinski definition) is 5. The molecule has 1 saturated heterocycles. The van der Waals surface area contributed by atoms with Crippen LogP contribution in [0.25, 0.3) is 6.08 Å². The topological polar surface area (TPSA) is 84.9 Å². The normalized spacial score (nSPS) is 14.8. The Bertz CT molecular complexity index is 1010. The molecule has 3 rings (SSSR count). The number of carbonyl (C=O) groups excluding carboxylic acids is 1. The third-order valence-electron chi connectivity index (χ3n) is 4.66. The van der Waals surface area contributed by atoms with Gasteiger partial charge < -0.3 is 14.8 Å². The maximum Gasteiger partial charge on any atom is 0.248 e. The first-order valence-corrected chi connectivity index (χ1v) is 10.7. The van der Waals surface area contributed by atoms with Crippen LogP contribution < -0.4 is 14.8 Å². The molecule has 1 heterocycles. The van der Waals surface area contributed by atoms with Gasteiger partial charge >= 0.3 is 0 Å². The molecule has 1 amide bonds. The smallest absolute Gasteiger partial charge is 0.248 e. The SMILES string of the molecule is COc1ccc(OC)c(C=CC(=O)Nc2cccc(S(=O)(=O)N3CCCC3)c2)c1. The Labute approximate surface area is 171 Å². The molecule has 1 aliphatic rings. The maximum absolute atomic E-state index is 12.7. The summed E-state index contributed by atoms with van der Waals surface area (Å²) < 4.78 is 37.3. The van der Waals surface area contributed by atoms with Gasteiger partial charge in [-0.1, -0.05) is 6.07 Å². The molecular formula is C21H24N2O5S. The van der Waals surface area contributed by atoms with Crippen molar-refractivity contribution in [2.45, 2.75) is 17.7 Å². The Morgan fingerprint density at radius 1 is 1.07 bits per heavy atom. The molecule has 0 bridgehead atoms. The minimum Gasteiger partial charge on any atom is -0.497 e. The minimum absolute atomic E-state index is 0.177. The molecule has 0 aromatic heterocycles. The van der Waals surface area contributed by atoms with Crippen molar-refractivity contribution in [3.05, 3.63) is 54.1 Å². The van der Waals surface area contributed by atoms with Gasteiger partial charge in [-0.05, 0) is 55.3 Å². The van der Waals surface area contributed by atoms with Crippen molar-refractivity contribution in [3.63, 3.8) is 0 Å². The van der Waals surface area contributed by atoms with Crippen LogP contribution in [0.5, 0.6) is 11.5 Å². The molecule has 2 aromatic rings. The van der Waals surface area contributed by atoms with Crippen molar-refractivity contribution < 1.29 is 22.7 Å². The third-order valence-corrected chi connectivity index (χ3v) is 6.55. The van der Waals surface area contributed by atoms with Gasteiger partial charge in [0, 0.05) is 30.4 Å². The number of amides is 1. The van der Waals surface area contributed by atoms with Gasteiger partial charge in [0.15, 0.2) is 0 Å². The number of ether oxygens (including phenoxy) is 2. The van der Waals surface area contributed by atoms with E-state index < -0.39 is 10.0 Å². The average Bonchev–Trinajstić information content (AvgIpc) is 3.28. The molecule has 1 fully saturated rings. The van der Waals surface area contributed by atoms with E-state index in [1.807, 2.05) is 0 Å². The zero-order chi connectivity index (χ0) is 20.9. The molecule has 0 atom stereocenters. The Morgan fingerprint density at radius 2 is 1.83 bits per heavy atom. The van der Waals surface area contributed by atoms with Gasteiger partial charge in [-0.3, -0.25) is 4.79 Å². The van der Waals surface area contributed by atoms with Crippen LogP contribution in [-0.2, 0) is 14.8 Å². The summed E-state index contributed by atoms with van der Waals surface area (Å²) in [7, 11) is -0.428. The molecule has 154 valence electrons. The summed E-state index contributed by atoms with van der Waals surface area (Å²) in [4.78, 5) is 12.5. The standard InChI is InChI=1S/C21H24N2O5S/c1-27-18-9-10-20(28-2)16(14-18)8-11-21(24)22-17-6-5-7-19(15-17)29(25,26)23-12-3-4-13-23/h5-11,14-15H,3-4,12-13H2,1-2H3,(H,22,24). The molecule has 2 aromatic carbocycles. The highest BCUT2D eigenvalue weighted by atomic mass is 32.2. The largest absolute Gasteiger partial charge is 0.497 e. The molecule has 0 unspecified atom stereocenters. The molecule has 0 spiro atoms. The number of sulfonamides is 1. The van der Waals surface area contributed by atoms with Crippen LogP contribution in [0.1, 0.15) is 18.4 Å². The van der Waals surface area contributed by atoms with E-state index in [-0.39, 0.29) is 10.8 Å². The van der Waals surface area contributed by atoms with Crippen LogP contribution in [0.4, 0.5) is 5.69 Å². The highest BCUT2D eigenvalue weighted by Crippen LogP contribution is 2.26. The van der Waals surface area contributed by atoms with Crippen LogP contribution in [-0.4, -0.2) is 45.9 Å². The van der Waals surface area contributed by atoms with Gasteiger partial charge in [0.05, 0.1) is 19.1 Å². The number of hydrogen-bond donors (Lipinski definition) is 1. The lowest BCUT2D eigenvalue weighted by molar-refractivity contribution is -0.111. The fourth-order valence-corrected chi connectivity index (χ4v) is 4.69. The van der Waals surface area contributed by atoms with Gasteiger partial charge in [-0.2, -0.15) is 4.31 Å². The molecule has 7 nitrogen and oxygen atoms in total. The second-order valence-corrected chi connectivity index (χ2v) is 8.51. The highest BCUT2D eigenvalue weighted by Gasteiger charge is 2.27.